The number of ether oxygens (including phenoxy) is 3. The van der Waals surface area contributed by atoms with Crippen molar-refractivity contribution in [2.45, 2.75) is 220 Å². The van der Waals surface area contributed by atoms with Gasteiger partial charge in [-0.2, -0.15) is 0 Å². The standard InChI is InChI=1S/C45H81NO5/c1-5-8-11-14-17-20-23-26-29-32-35-49-42-40(39(4)47)38-41(45(46)48)43(50-36-33-30-27-24-21-18-15-12-9-6-2)44(42)51-37-34-31-28-25-22-19-16-13-10-7-3/h38H,5-37H2,1-4H3,(H2,46,48). The second kappa shape index (κ2) is 33.6. The average molecular weight is 716 g/mol. The molecule has 0 atom stereocenters. The average Bonchev–Trinajstić information content (AvgIpc) is 3.12. The minimum absolute atomic E-state index is 0.180. The Labute approximate surface area is 315 Å². The first-order chi connectivity index (χ1) is 25.0. The van der Waals surface area contributed by atoms with Crippen LogP contribution in [0.2, 0.25) is 0 Å². The van der Waals surface area contributed by atoms with Gasteiger partial charge < -0.3 is 19.9 Å². The van der Waals surface area contributed by atoms with Crippen LogP contribution in [-0.2, 0) is 0 Å². The van der Waals surface area contributed by atoms with Crippen molar-refractivity contribution in [3.8, 4) is 17.2 Å². The lowest BCUT2D eigenvalue weighted by Gasteiger charge is -2.21. The Kier molecular flexibility index (Phi) is 30.8. The van der Waals surface area contributed by atoms with Crippen LogP contribution in [0, 0.1) is 0 Å². The number of unbranched alkanes of at least 4 members (excludes halogenated alkanes) is 27. The van der Waals surface area contributed by atoms with Crippen molar-refractivity contribution in [3.05, 3.63) is 17.2 Å². The van der Waals surface area contributed by atoms with Crippen LogP contribution in [0.25, 0.3) is 0 Å². The maximum Gasteiger partial charge on any atom is 0.252 e. The molecular weight excluding hydrogens is 634 g/mol. The van der Waals surface area contributed by atoms with Crippen LogP contribution in [0.3, 0.4) is 0 Å². The number of Topliss-reactive ketones (excluding diaryl/α,β-unsaturated/α-hetero) is 1. The van der Waals surface area contributed by atoms with Gasteiger partial charge in [0, 0.05) is 0 Å². The SMILES string of the molecule is CCCCCCCCCCCCOc1c(C(C)=O)cc(C(N)=O)c(OCCCCCCCCCCCC)c1OCCCCCCCCCCCC. The molecule has 0 radical (unpaired) electrons. The third kappa shape index (κ3) is 23.8. The number of amides is 1. The minimum Gasteiger partial charge on any atom is -0.489 e. The molecule has 0 aliphatic carbocycles. The van der Waals surface area contributed by atoms with Gasteiger partial charge in [0.05, 0.1) is 30.9 Å². The van der Waals surface area contributed by atoms with Crippen molar-refractivity contribution in [3.63, 3.8) is 0 Å². The van der Waals surface area contributed by atoms with E-state index in [2.05, 4.69) is 20.8 Å². The molecule has 51 heavy (non-hydrogen) atoms. The molecule has 1 aromatic rings. The Morgan fingerprint density at radius 1 is 0.412 bits per heavy atom. The number of carbonyl (C=O) groups excluding carboxylic acids is 2. The lowest BCUT2D eigenvalue weighted by molar-refractivity contribution is 0.0994. The van der Waals surface area contributed by atoms with Gasteiger partial charge in [0.25, 0.3) is 5.91 Å². The van der Waals surface area contributed by atoms with Gasteiger partial charge in [-0.25, -0.2) is 0 Å². The lowest BCUT2D eigenvalue weighted by Crippen LogP contribution is -2.17. The highest BCUT2D eigenvalue weighted by molar-refractivity contribution is 6.04. The predicted octanol–water partition coefficient (Wildman–Crippen LogP) is 13.9. The zero-order valence-corrected chi connectivity index (χ0v) is 34.0. The maximum absolute atomic E-state index is 12.9. The van der Waals surface area contributed by atoms with Crippen LogP contribution >= 0.6 is 0 Å². The molecule has 0 spiro atoms. The molecule has 0 bridgehead atoms. The quantitative estimate of drug-likeness (QED) is 0.0544. The second-order valence-corrected chi connectivity index (χ2v) is 15.0. The zero-order valence-electron chi connectivity index (χ0n) is 34.0. The fourth-order valence-corrected chi connectivity index (χ4v) is 6.78. The van der Waals surface area contributed by atoms with E-state index in [1.54, 1.807) is 6.07 Å². The number of primary amides is 1. The molecule has 296 valence electrons. The van der Waals surface area contributed by atoms with Crippen LogP contribution in [-0.4, -0.2) is 31.5 Å². The maximum atomic E-state index is 12.9. The molecule has 1 amide bonds. The topological polar surface area (TPSA) is 87.9 Å². The van der Waals surface area contributed by atoms with Crippen LogP contribution in [0.4, 0.5) is 0 Å². The van der Waals surface area contributed by atoms with E-state index in [4.69, 9.17) is 19.9 Å². The van der Waals surface area contributed by atoms with Gasteiger partial charge >= 0.3 is 0 Å². The summed E-state index contributed by atoms with van der Waals surface area (Å²) in [6.07, 6.45) is 37.0. The summed E-state index contributed by atoms with van der Waals surface area (Å²) in [7, 11) is 0. The minimum atomic E-state index is -0.624. The molecule has 0 saturated carbocycles. The molecule has 1 rings (SSSR count). The smallest absolute Gasteiger partial charge is 0.252 e. The largest absolute Gasteiger partial charge is 0.489 e. The number of hydrogen-bond donors (Lipinski definition) is 1. The van der Waals surface area contributed by atoms with Gasteiger partial charge in [-0.15, -0.1) is 0 Å². The van der Waals surface area contributed by atoms with Gasteiger partial charge in [-0.1, -0.05) is 194 Å². The van der Waals surface area contributed by atoms with Gasteiger partial charge in [-0.3, -0.25) is 9.59 Å². The summed E-state index contributed by atoms with van der Waals surface area (Å²) >= 11 is 0. The lowest BCUT2D eigenvalue weighted by atomic mass is 10.0. The van der Waals surface area contributed by atoms with Crippen molar-refractivity contribution < 1.29 is 23.8 Å². The number of benzene rings is 1. The van der Waals surface area contributed by atoms with E-state index >= 15 is 0 Å². The molecule has 2 N–H and O–H groups in total. The Morgan fingerprint density at radius 2 is 0.667 bits per heavy atom. The molecule has 0 unspecified atom stereocenters. The van der Waals surface area contributed by atoms with Crippen molar-refractivity contribution in [2.75, 3.05) is 19.8 Å². The van der Waals surface area contributed by atoms with E-state index in [1.165, 1.54) is 161 Å². The molecular formula is C45H81NO5. The zero-order chi connectivity index (χ0) is 37.2. The highest BCUT2D eigenvalue weighted by Crippen LogP contribution is 2.44. The first-order valence-electron chi connectivity index (χ1n) is 21.9. The van der Waals surface area contributed by atoms with Crippen molar-refractivity contribution in [2.24, 2.45) is 5.73 Å². The summed E-state index contributed by atoms with van der Waals surface area (Å²) in [4.78, 5) is 25.6. The van der Waals surface area contributed by atoms with E-state index in [9.17, 15) is 9.59 Å². The first-order valence-corrected chi connectivity index (χ1v) is 21.9. The highest BCUT2D eigenvalue weighted by atomic mass is 16.5. The molecule has 0 aromatic heterocycles. The summed E-state index contributed by atoms with van der Waals surface area (Å²) in [6, 6.07) is 1.56. The number of carbonyl (C=O) groups is 2. The van der Waals surface area contributed by atoms with Crippen molar-refractivity contribution in [1.82, 2.24) is 0 Å². The summed E-state index contributed by atoms with van der Waals surface area (Å²) in [5.41, 5.74) is 6.40. The van der Waals surface area contributed by atoms with E-state index in [0.717, 1.165) is 38.5 Å². The van der Waals surface area contributed by atoms with E-state index in [-0.39, 0.29) is 11.3 Å². The molecule has 6 nitrogen and oxygen atoms in total. The Balaban J connectivity index is 2.86. The molecule has 0 aliphatic heterocycles. The molecule has 0 heterocycles. The van der Waals surface area contributed by atoms with Gasteiger partial charge in [0.15, 0.2) is 17.3 Å². The number of nitrogens with two attached hydrogens (primary N) is 1. The van der Waals surface area contributed by atoms with Crippen LogP contribution < -0.4 is 19.9 Å². The number of rotatable bonds is 38. The first kappa shape index (κ1) is 46.8. The number of hydrogen-bond acceptors (Lipinski definition) is 5. The van der Waals surface area contributed by atoms with Gasteiger partial charge in [0.1, 0.15) is 0 Å². The molecule has 6 heteroatoms. The third-order valence-electron chi connectivity index (χ3n) is 10.1. The molecule has 0 aliphatic rings. The monoisotopic (exact) mass is 716 g/mol. The Hall–Kier alpha value is -2.24. The van der Waals surface area contributed by atoms with Crippen molar-refractivity contribution in [1.29, 1.82) is 0 Å². The normalized spacial score (nSPS) is 11.2. The van der Waals surface area contributed by atoms with Crippen LogP contribution in [0.15, 0.2) is 6.07 Å². The third-order valence-corrected chi connectivity index (χ3v) is 10.1. The van der Waals surface area contributed by atoms with Crippen LogP contribution in [0.5, 0.6) is 17.2 Å². The van der Waals surface area contributed by atoms with E-state index in [1.807, 2.05) is 0 Å². The predicted molar refractivity (Wildman–Crippen MR) is 217 cm³/mol. The Morgan fingerprint density at radius 3 is 0.941 bits per heavy atom. The van der Waals surface area contributed by atoms with Crippen LogP contribution in [0.1, 0.15) is 241 Å². The summed E-state index contributed by atoms with van der Waals surface area (Å²) in [5, 5.41) is 0. The fraction of sp³-hybridized carbons (Fsp3) is 0.822. The van der Waals surface area contributed by atoms with Crippen molar-refractivity contribution >= 4 is 11.7 Å². The van der Waals surface area contributed by atoms with Gasteiger partial charge in [0.2, 0.25) is 5.75 Å². The molecule has 0 fully saturated rings. The summed E-state index contributed by atoms with van der Waals surface area (Å²) < 4.78 is 19.1. The van der Waals surface area contributed by atoms with E-state index < -0.39 is 5.91 Å². The Bertz CT molecular complexity index is 931. The summed E-state index contributed by atoms with van der Waals surface area (Å²) in [6.45, 7) is 9.70. The molecule has 0 saturated heterocycles. The summed E-state index contributed by atoms with van der Waals surface area (Å²) in [5.74, 6) is 0.287. The second-order valence-electron chi connectivity index (χ2n) is 15.0. The van der Waals surface area contributed by atoms with Gasteiger partial charge in [-0.05, 0) is 32.3 Å². The molecule has 1 aromatic carbocycles. The highest BCUT2D eigenvalue weighted by Gasteiger charge is 2.27. The number of ketones is 1. The van der Waals surface area contributed by atoms with E-state index in [0.29, 0.717) is 42.6 Å². The fourth-order valence-electron chi connectivity index (χ4n) is 6.78.